The van der Waals surface area contributed by atoms with E-state index in [2.05, 4.69) is 12.2 Å². The van der Waals surface area contributed by atoms with Crippen molar-refractivity contribution in [1.29, 1.82) is 0 Å². The average Bonchev–Trinajstić information content (AvgIpc) is 2.78. The van der Waals surface area contributed by atoms with E-state index in [0.717, 1.165) is 5.56 Å². The molecule has 2 atom stereocenters. The minimum absolute atomic E-state index is 0.0240. The van der Waals surface area contributed by atoms with Crippen molar-refractivity contribution in [3.05, 3.63) is 29.3 Å². The highest BCUT2D eigenvalue weighted by Crippen LogP contribution is 2.40. The minimum Gasteiger partial charge on any atom is -0.489 e. The van der Waals surface area contributed by atoms with Crippen LogP contribution >= 0.6 is 0 Å². The van der Waals surface area contributed by atoms with Crippen LogP contribution in [-0.4, -0.2) is 43.5 Å². The van der Waals surface area contributed by atoms with Gasteiger partial charge in [-0.3, -0.25) is 4.79 Å². The molecule has 0 aromatic heterocycles. The molecule has 0 bridgehead atoms. The number of carbonyl (C=O) groups excluding carboxylic acids is 1. The van der Waals surface area contributed by atoms with E-state index in [1.165, 1.54) is 0 Å². The number of nitrogens with one attached hydrogen (secondary N) is 1. The highest BCUT2D eigenvalue weighted by Gasteiger charge is 2.30. The Morgan fingerprint density at radius 3 is 2.95 bits per heavy atom. The van der Waals surface area contributed by atoms with E-state index in [4.69, 9.17) is 14.6 Å². The Bertz CT molecular complexity index is 489. The first-order chi connectivity index (χ1) is 10.1. The van der Waals surface area contributed by atoms with Gasteiger partial charge in [0.25, 0.3) is 5.91 Å². The van der Waals surface area contributed by atoms with Gasteiger partial charge in [0.2, 0.25) is 0 Å². The number of aliphatic hydroxyl groups excluding tert-OH is 1. The second-order valence-electron chi connectivity index (χ2n) is 5.28. The number of rotatable bonds is 7. The number of amides is 1. The smallest absolute Gasteiger partial charge is 0.255 e. The lowest BCUT2D eigenvalue weighted by Crippen LogP contribution is -2.26. The standard InChI is InChI=1S/C16H23NO4/c1-11-12(2)21-15-13(11)5-3-6-14(15)16(19)17-7-4-9-20-10-8-18/h3,5-6,11-12,18H,4,7-10H2,1-2H3,(H,17,19). The van der Waals surface area contributed by atoms with Gasteiger partial charge in [-0.1, -0.05) is 19.1 Å². The maximum absolute atomic E-state index is 12.2. The van der Waals surface area contributed by atoms with E-state index in [-0.39, 0.29) is 18.6 Å². The Balaban J connectivity index is 1.89. The number of benzene rings is 1. The number of carbonyl (C=O) groups is 1. The molecule has 0 fully saturated rings. The summed E-state index contributed by atoms with van der Waals surface area (Å²) < 4.78 is 11.0. The molecule has 5 heteroatoms. The van der Waals surface area contributed by atoms with E-state index in [0.29, 0.717) is 43.4 Å². The summed E-state index contributed by atoms with van der Waals surface area (Å²) in [6, 6.07) is 5.71. The molecule has 0 aliphatic carbocycles. The predicted octanol–water partition coefficient (Wildman–Crippen LogP) is 1.70. The summed E-state index contributed by atoms with van der Waals surface area (Å²) in [7, 11) is 0. The van der Waals surface area contributed by atoms with Crippen LogP contribution in [0.2, 0.25) is 0 Å². The van der Waals surface area contributed by atoms with Crippen LogP contribution in [0.1, 0.15) is 42.1 Å². The SMILES string of the molecule is CC1Oc2c(C(=O)NCCCOCCO)cccc2C1C. The predicted molar refractivity (Wildman–Crippen MR) is 79.8 cm³/mol. The van der Waals surface area contributed by atoms with Crippen LogP contribution in [-0.2, 0) is 4.74 Å². The molecule has 0 radical (unpaired) electrons. The van der Waals surface area contributed by atoms with Crippen LogP contribution in [0.25, 0.3) is 0 Å². The van der Waals surface area contributed by atoms with Gasteiger partial charge in [0.15, 0.2) is 0 Å². The van der Waals surface area contributed by atoms with Crippen LogP contribution in [0.3, 0.4) is 0 Å². The molecule has 1 aromatic rings. The molecule has 1 aromatic carbocycles. The summed E-state index contributed by atoms with van der Waals surface area (Å²) in [5.74, 6) is 0.904. The Hall–Kier alpha value is -1.59. The van der Waals surface area contributed by atoms with Crippen LogP contribution in [0.5, 0.6) is 5.75 Å². The summed E-state index contributed by atoms with van der Waals surface area (Å²) in [5, 5.41) is 11.5. The molecule has 1 aliphatic heterocycles. The normalized spacial score (nSPS) is 20.0. The first-order valence-electron chi connectivity index (χ1n) is 7.41. The average molecular weight is 293 g/mol. The molecule has 5 nitrogen and oxygen atoms in total. The summed E-state index contributed by atoms with van der Waals surface area (Å²) in [6.07, 6.45) is 0.815. The Morgan fingerprint density at radius 1 is 1.38 bits per heavy atom. The zero-order chi connectivity index (χ0) is 15.2. The molecule has 1 amide bonds. The first kappa shape index (κ1) is 15.8. The fourth-order valence-corrected chi connectivity index (χ4v) is 2.40. The number of para-hydroxylation sites is 1. The lowest BCUT2D eigenvalue weighted by molar-refractivity contribution is 0.0866. The molecule has 21 heavy (non-hydrogen) atoms. The topological polar surface area (TPSA) is 67.8 Å². The van der Waals surface area contributed by atoms with E-state index in [1.54, 1.807) is 6.07 Å². The highest BCUT2D eigenvalue weighted by molar-refractivity contribution is 5.97. The van der Waals surface area contributed by atoms with Gasteiger partial charge >= 0.3 is 0 Å². The third kappa shape index (κ3) is 3.74. The molecule has 0 spiro atoms. The largest absolute Gasteiger partial charge is 0.489 e. The van der Waals surface area contributed by atoms with Gasteiger partial charge in [0.05, 0.1) is 18.8 Å². The number of hydrogen-bond acceptors (Lipinski definition) is 4. The lowest BCUT2D eigenvalue weighted by Gasteiger charge is -2.10. The Labute approximate surface area is 125 Å². The maximum atomic E-state index is 12.2. The third-order valence-electron chi connectivity index (χ3n) is 3.78. The van der Waals surface area contributed by atoms with Crippen LogP contribution < -0.4 is 10.1 Å². The second-order valence-corrected chi connectivity index (χ2v) is 5.28. The van der Waals surface area contributed by atoms with Gasteiger partial charge in [0, 0.05) is 24.6 Å². The second kappa shape index (κ2) is 7.43. The number of aliphatic hydroxyl groups is 1. The Morgan fingerprint density at radius 2 is 2.19 bits per heavy atom. The van der Waals surface area contributed by atoms with Crippen molar-refractivity contribution in [2.75, 3.05) is 26.4 Å². The maximum Gasteiger partial charge on any atom is 0.255 e. The zero-order valence-electron chi connectivity index (χ0n) is 12.6. The molecule has 1 aliphatic rings. The van der Waals surface area contributed by atoms with Crippen molar-refractivity contribution in [3.63, 3.8) is 0 Å². The quantitative estimate of drug-likeness (QED) is 0.751. The molecule has 2 N–H and O–H groups in total. The van der Waals surface area contributed by atoms with Crippen molar-refractivity contribution in [1.82, 2.24) is 5.32 Å². The van der Waals surface area contributed by atoms with E-state index >= 15 is 0 Å². The fourth-order valence-electron chi connectivity index (χ4n) is 2.40. The minimum atomic E-state index is -0.115. The molecular formula is C16H23NO4. The van der Waals surface area contributed by atoms with Crippen molar-refractivity contribution in [2.24, 2.45) is 0 Å². The molecule has 2 unspecified atom stereocenters. The van der Waals surface area contributed by atoms with Crippen molar-refractivity contribution < 1.29 is 19.4 Å². The molecule has 0 saturated heterocycles. The summed E-state index contributed by atoms with van der Waals surface area (Å²) >= 11 is 0. The van der Waals surface area contributed by atoms with Crippen molar-refractivity contribution >= 4 is 5.91 Å². The Kier molecular flexibility index (Phi) is 5.59. The molecule has 116 valence electrons. The van der Waals surface area contributed by atoms with Gasteiger partial charge in [-0.05, 0) is 19.4 Å². The van der Waals surface area contributed by atoms with Crippen LogP contribution in [0.4, 0.5) is 0 Å². The van der Waals surface area contributed by atoms with Crippen molar-refractivity contribution in [3.8, 4) is 5.75 Å². The lowest BCUT2D eigenvalue weighted by atomic mass is 9.97. The van der Waals surface area contributed by atoms with E-state index in [9.17, 15) is 4.79 Å². The molecule has 0 saturated carbocycles. The zero-order valence-corrected chi connectivity index (χ0v) is 12.6. The number of fused-ring (bicyclic) bond motifs is 1. The van der Waals surface area contributed by atoms with Gasteiger partial charge in [-0.25, -0.2) is 0 Å². The molecular weight excluding hydrogens is 270 g/mol. The van der Waals surface area contributed by atoms with Crippen molar-refractivity contribution in [2.45, 2.75) is 32.3 Å². The summed E-state index contributed by atoms with van der Waals surface area (Å²) in [5.41, 5.74) is 1.70. The van der Waals surface area contributed by atoms with Crippen LogP contribution in [0, 0.1) is 0 Å². The monoisotopic (exact) mass is 293 g/mol. The molecule has 2 rings (SSSR count). The van der Waals surface area contributed by atoms with E-state index in [1.807, 2.05) is 19.1 Å². The van der Waals surface area contributed by atoms with Gasteiger partial charge in [0.1, 0.15) is 11.9 Å². The third-order valence-corrected chi connectivity index (χ3v) is 3.78. The van der Waals surface area contributed by atoms with Gasteiger partial charge in [-0.15, -0.1) is 0 Å². The number of ether oxygens (including phenoxy) is 2. The molecule has 1 heterocycles. The van der Waals surface area contributed by atoms with Gasteiger partial charge < -0.3 is 19.9 Å². The first-order valence-corrected chi connectivity index (χ1v) is 7.41. The van der Waals surface area contributed by atoms with Crippen LogP contribution in [0.15, 0.2) is 18.2 Å². The van der Waals surface area contributed by atoms with E-state index < -0.39 is 0 Å². The fraction of sp³-hybridized carbons (Fsp3) is 0.562. The van der Waals surface area contributed by atoms with Gasteiger partial charge in [-0.2, -0.15) is 0 Å². The number of hydrogen-bond donors (Lipinski definition) is 2. The highest BCUT2D eigenvalue weighted by atomic mass is 16.5. The summed E-state index contributed by atoms with van der Waals surface area (Å²) in [4.78, 5) is 12.2. The summed E-state index contributed by atoms with van der Waals surface area (Å²) in [6.45, 7) is 5.55.